The van der Waals surface area contributed by atoms with E-state index in [9.17, 15) is 4.79 Å². The van der Waals surface area contributed by atoms with E-state index < -0.39 is 0 Å². The molecule has 0 atom stereocenters. The average molecular weight is 322 g/mol. The van der Waals surface area contributed by atoms with Crippen molar-refractivity contribution in [3.05, 3.63) is 71.8 Å². The molecule has 0 aromatic heterocycles. The van der Waals surface area contributed by atoms with Crippen LogP contribution < -0.4 is 4.74 Å². The molecule has 2 rings (SSSR count). The SMILES string of the molecule is COc1ccc(CCC(=O)CCCC/C=C\c2ccccc2)cc1. The van der Waals surface area contributed by atoms with Gasteiger partial charge in [0, 0.05) is 12.8 Å². The molecule has 0 aliphatic carbocycles. The molecule has 0 unspecified atom stereocenters. The zero-order chi connectivity index (χ0) is 17.0. The van der Waals surface area contributed by atoms with E-state index >= 15 is 0 Å². The molecule has 0 aliphatic rings. The molecule has 0 spiro atoms. The number of ketones is 1. The second-order valence-corrected chi connectivity index (χ2v) is 5.95. The minimum Gasteiger partial charge on any atom is -0.497 e. The first-order valence-electron chi connectivity index (χ1n) is 8.64. The standard InChI is InChI=1S/C22H26O2/c1-24-22-17-14-20(15-18-22)13-16-21(23)12-8-3-2-5-9-19-10-6-4-7-11-19/h4-7,9-11,14-15,17-18H,2-3,8,12-13,16H2,1H3/b9-5-. The quantitative estimate of drug-likeness (QED) is 0.542. The lowest BCUT2D eigenvalue weighted by atomic mass is 10.0. The third-order valence-electron chi connectivity index (χ3n) is 4.04. The number of methoxy groups -OCH3 is 1. The lowest BCUT2D eigenvalue weighted by Gasteiger charge is -2.03. The van der Waals surface area contributed by atoms with E-state index in [1.807, 2.05) is 42.5 Å². The van der Waals surface area contributed by atoms with Gasteiger partial charge in [0.05, 0.1) is 7.11 Å². The number of unbranched alkanes of at least 4 members (excludes halogenated alkanes) is 2. The summed E-state index contributed by atoms with van der Waals surface area (Å²) >= 11 is 0. The van der Waals surface area contributed by atoms with E-state index in [1.165, 1.54) is 11.1 Å². The van der Waals surface area contributed by atoms with Crippen LogP contribution in [0.5, 0.6) is 5.75 Å². The fourth-order valence-corrected chi connectivity index (χ4v) is 2.57. The molecule has 0 radical (unpaired) electrons. The molecule has 0 amide bonds. The Labute approximate surface area is 145 Å². The Hall–Kier alpha value is -2.35. The molecule has 2 nitrogen and oxygen atoms in total. The third kappa shape index (κ3) is 6.82. The van der Waals surface area contributed by atoms with Crippen molar-refractivity contribution in [3.63, 3.8) is 0 Å². The van der Waals surface area contributed by atoms with Crippen molar-refractivity contribution in [2.75, 3.05) is 7.11 Å². The van der Waals surface area contributed by atoms with Crippen molar-refractivity contribution in [2.24, 2.45) is 0 Å². The van der Waals surface area contributed by atoms with E-state index in [-0.39, 0.29) is 0 Å². The van der Waals surface area contributed by atoms with E-state index in [0.29, 0.717) is 18.6 Å². The number of hydrogen-bond donors (Lipinski definition) is 0. The predicted molar refractivity (Wildman–Crippen MR) is 100 cm³/mol. The number of benzene rings is 2. The summed E-state index contributed by atoms with van der Waals surface area (Å²) in [6, 6.07) is 18.2. The topological polar surface area (TPSA) is 26.3 Å². The van der Waals surface area contributed by atoms with Crippen LogP contribution in [-0.2, 0) is 11.2 Å². The van der Waals surface area contributed by atoms with Crippen LogP contribution in [0.2, 0.25) is 0 Å². The highest BCUT2D eigenvalue weighted by Gasteiger charge is 2.03. The van der Waals surface area contributed by atoms with Gasteiger partial charge < -0.3 is 4.74 Å². The van der Waals surface area contributed by atoms with Gasteiger partial charge in [0.15, 0.2) is 0 Å². The van der Waals surface area contributed by atoms with E-state index in [0.717, 1.165) is 31.4 Å². The Morgan fingerprint density at radius 2 is 1.71 bits per heavy atom. The molecule has 24 heavy (non-hydrogen) atoms. The van der Waals surface area contributed by atoms with Crippen molar-refractivity contribution in [1.29, 1.82) is 0 Å². The number of ether oxygens (including phenoxy) is 1. The van der Waals surface area contributed by atoms with Crippen molar-refractivity contribution in [3.8, 4) is 5.75 Å². The maximum atomic E-state index is 12.0. The van der Waals surface area contributed by atoms with Gasteiger partial charge in [0.1, 0.15) is 11.5 Å². The molecule has 0 bridgehead atoms. The largest absolute Gasteiger partial charge is 0.497 e. The van der Waals surface area contributed by atoms with E-state index in [2.05, 4.69) is 24.3 Å². The van der Waals surface area contributed by atoms with Crippen LogP contribution >= 0.6 is 0 Å². The third-order valence-corrected chi connectivity index (χ3v) is 4.04. The summed E-state index contributed by atoms with van der Waals surface area (Å²) in [7, 11) is 1.66. The summed E-state index contributed by atoms with van der Waals surface area (Å²) in [4.78, 5) is 12.0. The van der Waals surface area contributed by atoms with Crippen molar-refractivity contribution in [2.45, 2.75) is 38.5 Å². The predicted octanol–water partition coefficient (Wildman–Crippen LogP) is 5.47. The highest BCUT2D eigenvalue weighted by Crippen LogP contribution is 2.13. The van der Waals surface area contributed by atoms with Gasteiger partial charge in [-0.1, -0.05) is 54.6 Å². The fourth-order valence-electron chi connectivity index (χ4n) is 2.57. The number of Topliss-reactive ketones (excluding diaryl/α,β-unsaturated/α-hetero) is 1. The molecule has 0 saturated heterocycles. The second kappa shape index (κ2) is 10.4. The summed E-state index contributed by atoms with van der Waals surface area (Å²) in [5, 5.41) is 0. The van der Waals surface area contributed by atoms with Crippen molar-refractivity contribution >= 4 is 11.9 Å². The second-order valence-electron chi connectivity index (χ2n) is 5.95. The Morgan fingerprint density at radius 1 is 0.958 bits per heavy atom. The Balaban J connectivity index is 1.57. The van der Waals surface area contributed by atoms with Gasteiger partial charge in [0.25, 0.3) is 0 Å². The molecule has 0 aliphatic heterocycles. The average Bonchev–Trinajstić information content (AvgIpc) is 2.64. The van der Waals surface area contributed by atoms with Crippen LogP contribution in [0.1, 0.15) is 43.2 Å². The normalized spacial score (nSPS) is 10.9. The van der Waals surface area contributed by atoms with E-state index in [4.69, 9.17) is 4.74 Å². The zero-order valence-corrected chi connectivity index (χ0v) is 14.4. The van der Waals surface area contributed by atoms with Gasteiger partial charge in [0.2, 0.25) is 0 Å². The van der Waals surface area contributed by atoms with Gasteiger partial charge in [-0.3, -0.25) is 4.79 Å². The van der Waals surface area contributed by atoms with Gasteiger partial charge in [-0.15, -0.1) is 0 Å². The maximum absolute atomic E-state index is 12.0. The van der Waals surface area contributed by atoms with Crippen LogP contribution in [-0.4, -0.2) is 12.9 Å². The molecule has 2 heteroatoms. The zero-order valence-electron chi connectivity index (χ0n) is 14.4. The minimum atomic E-state index is 0.359. The molecular formula is C22H26O2. The van der Waals surface area contributed by atoms with Gasteiger partial charge in [-0.2, -0.15) is 0 Å². The molecular weight excluding hydrogens is 296 g/mol. The minimum absolute atomic E-state index is 0.359. The first-order chi connectivity index (χ1) is 11.8. The Bertz CT molecular complexity index is 627. The number of aryl methyl sites for hydroxylation is 1. The van der Waals surface area contributed by atoms with Crippen molar-refractivity contribution in [1.82, 2.24) is 0 Å². The van der Waals surface area contributed by atoms with Crippen LogP contribution in [0.4, 0.5) is 0 Å². The number of allylic oxidation sites excluding steroid dienone is 1. The smallest absolute Gasteiger partial charge is 0.133 e. The van der Waals surface area contributed by atoms with Crippen LogP contribution in [0.3, 0.4) is 0 Å². The van der Waals surface area contributed by atoms with Gasteiger partial charge >= 0.3 is 0 Å². The number of carbonyl (C=O) groups is 1. The highest BCUT2D eigenvalue weighted by atomic mass is 16.5. The first kappa shape index (κ1) is 18.0. The monoisotopic (exact) mass is 322 g/mol. The summed E-state index contributed by atoms with van der Waals surface area (Å²) in [5.41, 5.74) is 2.42. The lowest BCUT2D eigenvalue weighted by molar-refractivity contribution is -0.119. The maximum Gasteiger partial charge on any atom is 0.133 e. The number of rotatable bonds is 10. The van der Waals surface area contributed by atoms with Gasteiger partial charge in [-0.25, -0.2) is 0 Å². The van der Waals surface area contributed by atoms with Crippen molar-refractivity contribution < 1.29 is 9.53 Å². The van der Waals surface area contributed by atoms with Crippen LogP contribution in [0, 0.1) is 0 Å². The summed E-state index contributed by atoms with van der Waals surface area (Å²) in [6.45, 7) is 0. The summed E-state index contributed by atoms with van der Waals surface area (Å²) < 4.78 is 5.14. The summed E-state index contributed by atoms with van der Waals surface area (Å²) in [5.74, 6) is 1.21. The first-order valence-corrected chi connectivity index (χ1v) is 8.64. The Morgan fingerprint density at radius 3 is 2.42 bits per heavy atom. The number of carbonyl (C=O) groups excluding carboxylic acids is 1. The molecule has 0 fully saturated rings. The lowest BCUT2D eigenvalue weighted by Crippen LogP contribution is -2.00. The number of hydrogen-bond acceptors (Lipinski definition) is 2. The van der Waals surface area contributed by atoms with E-state index in [1.54, 1.807) is 7.11 Å². The highest BCUT2D eigenvalue weighted by molar-refractivity contribution is 5.78. The van der Waals surface area contributed by atoms with Crippen LogP contribution in [0.25, 0.3) is 6.08 Å². The molecule has 0 N–H and O–H groups in total. The molecule has 2 aromatic carbocycles. The molecule has 2 aromatic rings. The van der Waals surface area contributed by atoms with Crippen LogP contribution in [0.15, 0.2) is 60.7 Å². The fraction of sp³-hybridized carbons (Fsp3) is 0.318. The molecule has 0 saturated carbocycles. The molecule has 0 heterocycles. The van der Waals surface area contributed by atoms with Gasteiger partial charge in [-0.05, 0) is 48.9 Å². The summed E-state index contributed by atoms with van der Waals surface area (Å²) in [6.07, 6.45) is 9.54. The molecule has 126 valence electrons. The Kier molecular flexibility index (Phi) is 7.82.